The Balaban J connectivity index is 1.41. The number of fused-ring (bicyclic) bond motifs is 1. The highest BCUT2D eigenvalue weighted by Gasteiger charge is 2.11. The second kappa shape index (κ2) is 8.80. The molecule has 1 atom stereocenters. The van der Waals surface area contributed by atoms with Gasteiger partial charge in [-0.25, -0.2) is 4.98 Å². The van der Waals surface area contributed by atoms with E-state index in [4.69, 9.17) is 10.5 Å². The van der Waals surface area contributed by atoms with Crippen molar-refractivity contribution in [1.29, 1.82) is 0 Å². The van der Waals surface area contributed by atoms with E-state index in [0.717, 1.165) is 34.5 Å². The molecule has 1 aromatic carbocycles. The SMILES string of the molecule is C=C(c1cncc(OC[C@@H](N)Cc2c[nH]c3ccccc23)c1)c1ccnc(NC)c1. The second-order valence-corrected chi connectivity index (χ2v) is 7.20. The maximum atomic E-state index is 6.33. The van der Waals surface area contributed by atoms with Gasteiger partial charge in [-0.1, -0.05) is 24.8 Å². The van der Waals surface area contributed by atoms with Crippen molar-refractivity contribution in [2.45, 2.75) is 12.5 Å². The molecule has 0 amide bonds. The molecule has 6 nitrogen and oxygen atoms in total. The van der Waals surface area contributed by atoms with Crippen LogP contribution in [0.2, 0.25) is 0 Å². The van der Waals surface area contributed by atoms with Crippen molar-refractivity contribution in [1.82, 2.24) is 15.0 Å². The molecule has 152 valence electrons. The highest BCUT2D eigenvalue weighted by molar-refractivity contribution is 5.83. The Morgan fingerprint density at radius 1 is 1.20 bits per heavy atom. The summed E-state index contributed by atoms with van der Waals surface area (Å²) < 4.78 is 5.94. The summed E-state index contributed by atoms with van der Waals surface area (Å²) in [7, 11) is 1.84. The maximum Gasteiger partial charge on any atom is 0.138 e. The molecule has 3 aromatic heterocycles. The Hall–Kier alpha value is -3.64. The van der Waals surface area contributed by atoms with Gasteiger partial charge in [0.05, 0.1) is 6.20 Å². The van der Waals surface area contributed by atoms with E-state index >= 15 is 0 Å². The van der Waals surface area contributed by atoms with Crippen LogP contribution in [0.1, 0.15) is 16.7 Å². The van der Waals surface area contributed by atoms with Gasteiger partial charge in [0, 0.05) is 48.1 Å². The topological polar surface area (TPSA) is 88.8 Å². The summed E-state index contributed by atoms with van der Waals surface area (Å²) in [5.74, 6) is 1.46. The summed E-state index contributed by atoms with van der Waals surface area (Å²) >= 11 is 0. The zero-order valence-corrected chi connectivity index (χ0v) is 16.9. The average Bonchev–Trinajstić information content (AvgIpc) is 3.20. The van der Waals surface area contributed by atoms with E-state index in [1.54, 1.807) is 18.6 Å². The summed E-state index contributed by atoms with van der Waals surface area (Å²) in [6.45, 7) is 4.61. The molecule has 6 heteroatoms. The molecule has 0 aliphatic carbocycles. The van der Waals surface area contributed by atoms with Crippen LogP contribution in [0.15, 0.2) is 73.8 Å². The van der Waals surface area contributed by atoms with Crippen LogP contribution in [0.5, 0.6) is 5.75 Å². The number of nitrogens with one attached hydrogen (secondary N) is 2. The van der Waals surface area contributed by atoms with Crippen LogP contribution < -0.4 is 15.8 Å². The summed E-state index contributed by atoms with van der Waals surface area (Å²) in [6, 6.07) is 13.9. The van der Waals surface area contributed by atoms with Crippen molar-refractivity contribution in [2.24, 2.45) is 5.73 Å². The highest BCUT2D eigenvalue weighted by Crippen LogP contribution is 2.25. The number of hydrogen-bond donors (Lipinski definition) is 3. The summed E-state index contributed by atoms with van der Waals surface area (Å²) in [5.41, 5.74) is 11.4. The molecule has 4 N–H and O–H groups in total. The number of aromatic nitrogens is 3. The van der Waals surface area contributed by atoms with E-state index in [9.17, 15) is 0 Å². The monoisotopic (exact) mass is 399 g/mol. The van der Waals surface area contributed by atoms with Gasteiger partial charge in [0.1, 0.15) is 18.2 Å². The fourth-order valence-corrected chi connectivity index (χ4v) is 3.43. The van der Waals surface area contributed by atoms with E-state index in [1.165, 1.54) is 10.9 Å². The number of nitrogens with zero attached hydrogens (tertiary/aromatic N) is 2. The van der Waals surface area contributed by atoms with E-state index in [2.05, 4.69) is 39.0 Å². The van der Waals surface area contributed by atoms with Crippen LogP contribution in [0.25, 0.3) is 16.5 Å². The van der Waals surface area contributed by atoms with E-state index < -0.39 is 0 Å². The highest BCUT2D eigenvalue weighted by atomic mass is 16.5. The molecule has 0 saturated carbocycles. The number of H-pyrrole nitrogens is 1. The lowest BCUT2D eigenvalue weighted by Gasteiger charge is -2.14. The van der Waals surface area contributed by atoms with Crippen molar-refractivity contribution in [3.63, 3.8) is 0 Å². The van der Waals surface area contributed by atoms with E-state index in [-0.39, 0.29) is 6.04 Å². The van der Waals surface area contributed by atoms with E-state index in [0.29, 0.717) is 12.4 Å². The second-order valence-electron chi connectivity index (χ2n) is 7.20. The number of benzene rings is 1. The molecule has 0 aliphatic heterocycles. The molecule has 4 rings (SSSR count). The summed E-state index contributed by atoms with van der Waals surface area (Å²) in [4.78, 5) is 11.8. The Kier molecular flexibility index (Phi) is 5.77. The first-order chi connectivity index (χ1) is 14.6. The number of anilines is 1. The molecule has 0 spiro atoms. The quantitative estimate of drug-likeness (QED) is 0.417. The predicted molar refractivity (Wildman–Crippen MR) is 122 cm³/mol. The van der Waals surface area contributed by atoms with Gasteiger partial charge in [-0.05, 0) is 47.4 Å². The maximum absolute atomic E-state index is 6.33. The van der Waals surface area contributed by atoms with Gasteiger partial charge in [0.2, 0.25) is 0 Å². The molecule has 0 radical (unpaired) electrons. The summed E-state index contributed by atoms with van der Waals surface area (Å²) in [6.07, 6.45) is 7.98. The van der Waals surface area contributed by atoms with E-state index in [1.807, 2.05) is 43.6 Å². The van der Waals surface area contributed by atoms with Crippen LogP contribution >= 0.6 is 0 Å². The Morgan fingerprint density at radius 3 is 2.93 bits per heavy atom. The molecule has 4 aromatic rings. The van der Waals surface area contributed by atoms with Gasteiger partial charge in [-0.15, -0.1) is 0 Å². The molecule has 0 saturated heterocycles. The van der Waals surface area contributed by atoms with Gasteiger partial charge >= 0.3 is 0 Å². The zero-order chi connectivity index (χ0) is 20.9. The van der Waals surface area contributed by atoms with Gasteiger partial charge in [0.25, 0.3) is 0 Å². The molecular weight excluding hydrogens is 374 g/mol. The largest absolute Gasteiger partial charge is 0.490 e. The third kappa shape index (κ3) is 4.34. The average molecular weight is 399 g/mol. The first-order valence-corrected chi connectivity index (χ1v) is 9.86. The molecule has 0 unspecified atom stereocenters. The predicted octanol–water partition coefficient (Wildman–Crippen LogP) is 4.01. The van der Waals surface area contributed by atoms with Crippen molar-refractivity contribution >= 4 is 22.3 Å². The lowest BCUT2D eigenvalue weighted by atomic mass is 10.0. The lowest BCUT2D eigenvalue weighted by molar-refractivity contribution is 0.287. The Labute approximate surface area is 175 Å². The van der Waals surface area contributed by atoms with Crippen LogP contribution in [-0.4, -0.2) is 34.6 Å². The fourth-order valence-electron chi connectivity index (χ4n) is 3.43. The first-order valence-electron chi connectivity index (χ1n) is 9.86. The third-order valence-electron chi connectivity index (χ3n) is 5.05. The Morgan fingerprint density at radius 2 is 2.07 bits per heavy atom. The van der Waals surface area contributed by atoms with Crippen molar-refractivity contribution in [3.05, 3.63) is 90.5 Å². The number of aromatic amines is 1. The summed E-state index contributed by atoms with van der Waals surface area (Å²) in [5, 5.41) is 4.24. The van der Waals surface area contributed by atoms with Gasteiger partial charge in [-0.3, -0.25) is 4.98 Å². The molecule has 0 bridgehead atoms. The van der Waals surface area contributed by atoms with Gasteiger partial charge in [-0.2, -0.15) is 0 Å². The minimum atomic E-state index is -0.130. The number of para-hydroxylation sites is 1. The molecule has 3 heterocycles. The van der Waals surface area contributed by atoms with Crippen molar-refractivity contribution < 1.29 is 4.74 Å². The fraction of sp³-hybridized carbons (Fsp3) is 0.167. The molecule has 30 heavy (non-hydrogen) atoms. The first kappa shape index (κ1) is 19.7. The van der Waals surface area contributed by atoms with Gasteiger partial charge in [0.15, 0.2) is 0 Å². The van der Waals surface area contributed by atoms with Crippen LogP contribution in [-0.2, 0) is 6.42 Å². The number of rotatable bonds is 8. The third-order valence-corrected chi connectivity index (χ3v) is 5.05. The van der Waals surface area contributed by atoms with Gasteiger partial charge < -0.3 is 20.8 Å². The Bertz CT molecular complexity index is 1170. The molecular formula is C24H25N5O. The number of ether oxygens (including phenoxy) is 1. The standard InChI is InChI=1S/C24H25N5O/c1-16(17-7-8-28-24(11-17)26-2)18-10-21(14-27-12-18)30-15-20(25)9-19-13-29-23-6-4-3-5-22(19)23/h3-8,10-14,20,29H,1,9,15,25H2,2H3,(H,26,28)/t20-/m0/s1. The minimum absolute atomic E-state index is 0.130. The lowest BCUT2D eigenvalue weighted by Crippen LogP contribution is -2.30. The zero-order valence-electron chi connectivity index (χ0n) is 16.9. The number of pyridine rings is 2. The van der Waals surface area contributed by atoms with Crippen molar-refractivity contribution in [3.8, 4) is 5.75 Å². The smallest absolute Gasteiger partial charge is 0.138 e. The number of nitrogens with two attached hydrogens (primary N) is 1. The minimum Gasteiger partial charge on any atom is -0.490 e. The van der Waals surface area contributed by atoms with Crippen molar-refractivity contribution in [2.75, 3.05) is 19.0 Å². The molecule has 0 aliphatic rings. The van der Waals surface area contributed by atoms with Crippen LogP contribution in [0.4, 0.5) is 5.82 Å². The van der Waals surface area contributed by atoms with Crippen LogP contribution in [0.3, 0.4) is 0 Å². The van der Waals surface area contributed by atoms with Crippen LogP contribution in [0, 0.1) is 0 Å². The number of hydrogen-bond acceptors (Lipinski definition) is 5. The normalized spacial score (nSPS) is 11.9. The molecule has 0 fully saturated rings.